The van der Waals surface area contributed by atoms with E-state index in [1.807, 2.05) is 84.9 Å². The number of nitrogens with one attached hydrogen (secondary N) is 1. The van der Waals surface area contributed by atoms with Crippen molar-refractivity contribution in [2.24, 2.45) is 0 Å². The Morgan fingerprint density at radius 1 is 0.914 bits per heavy atom. The van der Waals surface area contributed by atoms with Gasteiger partial charge in [-0.3, -0.25) is 14.3 Å². The van der Waals surface area contributed by atoms with Crippen molar-refractivity contribution in [3.63, 3.8) is 0 Å². The van der Waals surface area contributed by atoms with Crippen molar-refractivity contribution in [1.29, 1.82) is 0 Å². The Morgan fingerprint density at radius 2 is 1.60 bits per heavy atom. The van der Waals surface area contributed by atoms with Crippen LogP contribution >= 0.6 is 11.6 Å². The number of nitrogens with zero attached hydrogens (tertiary/aromatic N) is 3. The molecule has 1 atom stereocenters. The molecule has 0 spiro atoms. The van der Waals surface area contributed by atoms with Crippen molar-refractivity contribution >= 4 is 23.4 Å². The van der Waals surface area contributed by atoms with Gasteiger partial charge in [-0.05, 0) is 35.2 Å². The quantitative estimate of drug-likeness (QED) is 0.405. The van der Waals surface area contributed by atoms with Gasteiger partial charge in [0.15, 0.2) is 5.69 Å². The second-order valence-electron chi connectivity index (χ2n) is 8.62. The number of halogens is 1. The van der Waals surface area contributed by atoms with Crippen molar-refractivity contribution in [1.82, 2.24) is 20.0 Å². The molecule has 3 aromatic carbocycles. The number of carbonyl (C=O) groups is 2. The fourth-order valence-electron chi connectivity index (χ4n) is 4.33. The van der Waals surface area contributed by atoms with Crippen molar-refractivity contribution in [2.45, 2.75) is 25.6 Å². The van der Waals surface area contributed by atoms with E-state index in [0.717, 1.165) is 16.7 Å². The van der Waals surface area contributed by atoms with E-state index in [1.54, 1.807) is 15.6 Å². The zero-order chi connectivity index (χ0) is 24.2. The highest BCUT2D eigenvalue weighted by molar-refractivity contribution is 6.30. The molecule has 5 rings (SSSR count). The first kappa shape index (κ1) is 22.9. The molecule has 1 aromatic heterocycles. The Labute approximate surface area is 209 Å². The van der Waals surface area contributed by atoms with E-state index in [-0.39, 0.29) is 23.6 Å². The molecular formula is C28H25ClN4O2. The average Bonchev–Trinajstić information content (AvgIpc) is 3.33. The maximum Gasteiger partial charge on any atom is 0.272 e. The summed E-state index contributed by atoms with van der Waals surface area (Å²) in [5.41, 5.74) is 3.81. The standard InChI is InChI=1S/C28H25ClN4O2/c29-23-13-11-21(12-14-23)19-32-15-16-33-26(28(32)35)18-25(31-33)27(34)30-24(22-9-5-2-6-10-22)17-20-7-3-1-4-8-20/h1-14,18,24H,15-17,19H2,(H,30,34)/t24-/m1/s1. The SMILES string of the molecule is O=C(N[C@H](Cc1ccccc1)c1ccccc1)c1cc2n(n1)CCN(Cc1ccc(Cl)cc1)C2=O. The molecule has 1 N–H and O–H groups in total. The number of hydrogen-bond donors (Lipinski definition) is 1. The molecule has 6 nitrogen and oxygen atoms in total. The second kappa shape index (κ2) is 10.2. The van der Waals surface area contributed by atoms with Crippen LogP contribution < -0.4 is 5.32 Å². The van der Waals surface area contributed by atoms with E-state index in [0.29, 0.717) is 36.8 Å². The molecule has 0 radical (unpaired) electrons. The summed E-state index contributed by atoms with van der Waals surface area (Å²) < 4.78 is 1.63. The zero-order valence-electron chi connectivity index (χ0n) is 19.1. The lowest BCUT2D eigenvalue weighted by Crippen LogP contribution is -2.39. The molecule has 0 aliphatic carbocycles. The first-order chi connectivity index (χ1) is 17.1. The second-order valence-corrected chi connectivity index (χ2v) is 9.05. The summed E-state index contributed by atoms with van der Waals surface area (Å²) in [6.07, 6.45) is 0.651. The van der Waals surface area contributed by atoms with Gasteiger partial charge in [-0.15, -0.1) is 0 Å². The third kappa shape index (κ3) is 5.28. The van der Waals surface area contributed by atoms with Gasteiger partial charge >= 0.3 is 0 Å². The van der Waals surface area contributed by atoms with Crippen LogP contribution in [0.4, 0.5) is 0 Å². The number of rotatable bonds is 7. The molecule has 35 heavy (non-hydrogen) atoms. The fourth-order valence-corrected chi connectivity index (χ4v) is 4.46. The number of hydrogen-bond acceptors (Lipinski definition) is 3. The molecule has 1 aliphatic heterocycles. The molecule has 2 amide bonds. The van der Waals surface area contributed by atoms with Gasteiger partial charge in [0.25, 0.3) is 11.8 Å². The number of amides is 2. The molecule has 4 aromatic rings. The zero-order valence-corrected chi connectivity index (χ0v) is 19.9. The van der Waals surface area contributed by atoms with E-state index >= 15 is 0 Å². The number of fused-ring (bicyclic) bond motifs is 1. The third-order valence-electron chi connectivity index (χ3n) is 6.18. The van der Waals surface area contributed by atoms with Gasteiger partial charge < -0.3 is 10.2 Å². The fraction of sp³-hybridized carbons (Fsp3) is 0.179. The van der Waals surface area contributed by atoms with E-state index in [2.05, 4.69) is 10.4 Å². The van der Waals surface area contributed by atoms with Crippen molar-refractivity contribution in [2.75, 3.05) is 6.54 Å². The number of aromatic nitrogens is 2. The predicted octanol–water partition coefficient (Wildman–Crippen LogP) is 4.91. The van der Waals surface area contributed by atoms with Crippen molar-refractivity contribution in [3.8, 4) is 0 Å². The molecule has 0 saturated heterocycles. The van der Waals surface area contributed by atoms with Crippen LogP contribution in [0, 0.1) is 0 Å². The van der Waals surface area contributed by atoms with Crippen LogP contribution in [-0.2, 0) is 19.5 Å². The highest BCUT2D eigenvalue weighted by atomic mass is 35.5. The first-order valence-corrected chi connectivity index (χ1v) is 12.0. The van der Waals surface area contributed by atoms with Crippen molar-refractivity contribution in [3.05, 3.63) is 124 Å². The number of benzene rings is 3. The first-order valence-electron chi connectivity index (χ1n) is 11.6. The highest BCUT2D eigenvalue weighted by Crippen LogP contribution is 2.21. The van der Waals surface area contributed by atoms with Crippen LogP contribution in [0.5, 0.6) is 0 Å². The molecule has 0 saturated carbocycles. The van der Waals surface area contributed by atoms with Crippen molar-refractivity contribution < 1.29 is 9.59 Å². The summed E-state index contributed by atoms with van der Waals surface area (Å²) in [6.45, 7) is 1.54. The normalized spacial score (nSPS) is 13.9. The lowest BCUT2D eigenvalue weighted by atomic mass is 9.98. The lowest BCUT2D eigenvalue weighted by molar-refractivity contribution is 0.0683. The summed E-state index contributed by atoms with van der Waals surface area (Å²) in [6, 6.07) is 28.8. The van der Waals surface area contributed by atoms with E-state index in [9.17, 15) is 9.59 Å². The Bertz CT molecular complexity index is 1320. The van der Waals surface area contributed by atoms with Gasteiger partial charge in [0, 0.05) is 24.2 Å². The van der Waals surface area contributed by atoms with Crippen LogP contribution in [0.1, 0.15) is 43.7 Å². The van der Waals surface area contributed by atoms with E-state index in [1.165, 1.54) is 0 Å². The topological polar surface area (TPSA) is 67.2 Å². The Balaban J connectivity index is 1.33. The van der Waals surface area contributed by atoms with Crippen LogP contribution in [0.25, 0.3) is 0 Å². The molecule has 2 heterocycles. The molecule has 0 fully saturated rings. The minimum atomic E-state index is -0.297. The molecule has 0 unspecified atom stereocenters. The Morgan fingerprint density at radius 3 is 2.31 bits per heavy atom. The van der Waals surface area contributed by atoms with Crippen LogP contribution in [0.15, 0.2) is 91.0 Å². The number of carbonyl (C=O) groups excluding carboxylic acids is 2. The summed E-state index contributed by atoms with van der Waals surface area (Å²) in [5.74, 6) is -0.435. The van der Waals surface area contributed by atoms with Crippen LogP contribution in [0.3, 0.4) is 0 Å². The van der Waals surface area contributed by atoms with Gasteiger partial charge in [-0.1, -0.05) is 84.4 Å². The molecule has 7 heteroatoms. The monoisotopic (exact) mass is 484 g/mol. The minimum Gasteiger partial charge on any atom is -0.344 e. The summed E-state index contributed by atoms with van der Waals surface area (Å²) in [5, 5.41) is 8.23. The molecule has 0 bridgehead atoms. The largest absolute Gasteiger partial charge is 0.344 e. The summed E-state index contributed by atoms with van der Waals surface area (Å²) in [4.78, 5) is 28.1. The average molecular weight is 485 g/mol. The van der Waals surface area contributed by atoms with E-state index < -0.39 is 0 Å². The van der Waals surface area contributed by atoms with Gasteiger partial charge in [-0.25, -0.2) is 0 Å². The van der Waals surface area contributed by atoms with Gasteiger partial charge in [0.1, 0.15) is 5.69 Å². The summed E-state index contributed by atoms with van der Waals surface area (Å²) in [7, 11) is 0. The molecular weight excluding hydrogens is 460 g/mol. The van der Waals surface area contributed by atoms with Crippen LogP contribution in [-0.4, -0.2) is 33.0 Å². The maximum absolute atomic E-state index is 13.2. The third-order valence-corrected chi connectivity index (χ3v) is 6.43. The summed E-state index contributed by atoms with van der Waals surface area (Å²) >= 11 is 5.97. The Hall–Kier alpha value is -3.90. The molecule has 176 valence electrons. The van der Waals surface area contributed by atoms with Gasteiger partial charge in [0.05, 0.1) is 12.6 Å². The lowest BCUT2D eigenvalue weighted by Gasteiger charge is -2.27. The smallest absolute Gasteiger partial charge is 0.272 e. The predicted molar refractivity (Wildman–Crippen MR) is 135 cm³/mol. The minimum absolute atomic E-state index is 0.137. The molecule has 1 aliphatic rings. The van der Waals surface area contributed by atoms with Gasteiger partial charge in [0.2, 0.25) is 0 Å². The van der Waals surface area contributed by atoms with E-state index in [4.69, 9.17) is 11.6 Å². The maximum atomic E-state index is 13.2. The van der Waals surface area contributed by atoms with Crippen LogP contribution in [0.2, 0.25) is 5.02 Å². The van der Waals surface area contributed by atoms with Gasteiger partial charge in [-0.2, -0.15) is 5.10 Å². The highest BCUT2D eigenvalue weighted by Gasteiger charge is 2.28. The Kier molecular flexibility index (Phi) is 6.64.